The summed E-state index contributed by atoms with van der Waals surface area (Å²) in [6.45, 7) is 26.4. The van der Waals surface area contributed by atoms with Gasteiger partial charge in [0.1, 0.15) is 11.5 Å². The van der Waals surface area contributed by atoms with Gasteiger partial charge in [0.15, 0.2) is 8.16 Å². The van der Waals surface area contributed by atoms with Crippen molar-refractivity contribution >= 4 is 19.4 Å². The molecule has 0 radical (unpaired) electrons. The van der Waals surface area contributed by atoms with E-state index in [0.29, 0.717) is 12.2 Å². The monoisotopic (exact) mass is 490 g/mol. The Labute approximate surface area is 209 Å². The molecule has 0 aliphatic heterocycles. The van der Waals surface area contributed by atoms with E-state index in [1.54, 1.807) is 0 Å². The van der Waals surface area contributed by atoms with Gasteiger partial charge in [-0.1, -0.05) is 119 Å². The van der Waals surface area contributed by atoms with E-state index in [-0.39, 0.29) is 29.8 Å². The van der Waals surface area contributed by atoms with Crippen molar-refractivity contribution in [1.82, 2.24) is 0 Å². The highest BCUT2D eigenvalue weighted by molar-refractivity contribution is 7.64. The Morgan fingerprint density at radius 2 is 1.09 bits per heavy atom. The Morgan fingerprint density at radius 1 is 0.667 bits per heavy atom. The molecule has 0 aliphatic rings. The number of hydrogen-bond donors (Lipinski definition) is 1. The minimum absolute atomic E-state index is 0.0115. The van der Waals surface area contributed by atoms with Crippen molar-refractivity contribution in [2.24, 2.45) is 0 Å². The second kappa shape index (κ2) is 9.43. The molecule has 1 N–H and O–H groups in total. The molecule has 2 nitrogen and oxygen atoms in total. The summed E-state index contributed by atoms with van der Waals surface area (Å²) in [6, 6.07) is 8.84. The molecule has 0 amide bonds. The average molecular weight is 491 g/mol. The highest BCUT2D eigenvalue weighted by Gasteiger charge is 2.29. The summed E-state index contributed by atoms with van der Waals surface area (Å²) in [5.74, 6) is 1.23. The van der Waals surface area contributed by atoms with E-state index in [0.717, 1.165) is 28.0 Å². The first-order valence-corrected chi connectivity index (χ1v) is 13.8. The Bertz CT molecular complexity index is 997. The van der Waals surface area contributed by atoms with Gasteiger partial charge in [0.25, 0.3) is 0 Å². The van der Waals surface area contributed by atoms with Crippen LogP contribution in [-0.4, -0.2) is 5.11 Å². The van der Waals surface area contributed by atoms with Gasteiger partial charge < -0.3 is 9.63 Å². The number of aromatic hydroxyl groups is 1. The maximum absolute atomic E-state index is 11.4. The maximum atomic E-state index is 11.4. The van der Waals surface area contributed by atoms with Gasteiger partial charge >= 0.3 is 0 Å². The topological polar surface area (TPSA) is 29.5 Å². The summed E-state index contributed by atoms with van der Waals surface area (Å²) < 4.78 is 6.08. The smallest absolute Gasteiger partial charge is 0.168 e. The number of halogens is 1. The molecule has 0 aliphatic carbocycles. The van der Waals surface area contributed by atoms with Gasteiger partial charge in [-0.15, -0.1) is 0 Å². The van der Waals surface area contributed by atoms with Crippen LogP contribution in [0.15, 0.2) is 24.3 Å². The van der Waals surface area contributed by atoms with E-state index in [4.69, 9.17) is 15.8 Å². The highest BCUT2D eigenvalue weighted by Crippen LogP contribution is 2.44. The SMILES string of the molecule is CC(C)(C)c1cc(Cc2cc(C(C)(C)C)cc(C(C)(C)C)c2OPCl)c(O)c(C(C)(C)C)c1. The second-order valence-electron chi connectivity index (χ2n) is 13.4. The van der Waals surface area contributed by atoms with E-state index in [1.807, 2.05) is 0 Å². The number of benzene rings is 2. The minimum atomic E-state index is -0.166. The molecule has 2 aromatic rings. The first-order chi connectivity index (χ1) is 14.8. The Kier molecular flexibility index (Phi) is 8.00. The largest absolute Gasteiger partial charge is 0.507 e. The predicted octanol–water partition coefficient (Wildman–Crippen LogP) is 9.30. The first kappa shape index (κ1) is 28.0. The normalized spacial score (nSPS) is 13.7. The molecule has 0 fully saturated rings. The Hall–Kier alpha value is -1.24. The fourth-order valence-electron chi connectivity index (χ4n) is 4.01. The third-order valence-electron chi connectivity index (χ3n) is 6.22. The van der Waals surface area contributed by atoms with Crippen molar-refractivity contribution in [3.63, 3.8) is 0 Å². The van der Waals surface area contributed by atoms with Crippen LogP contribution in [-0.2, 0) is 28.1 Å². The Balaban J connectivity index is 2.86. The molecule has 2 rings (SSSR count). The van der Waals surface area contributed by atoms with E-state index in [2.05, 4.69) is 107 Å². The molecule has 4 heteroatoms. The zero-order valence-corrected chi connectivity index (χ0v) is 24.5. The molecule has 0 heterocycles. The van der Waals surface area contributed by atoms with Crippen LogP contribution < -0.4 is 4.52 Å². The zero-order valence-electron chi connectivity index (χ0n) is 22.7. The predicted molar refractivity (Wildman–Crippen MR) is 147 cm³/mol. The molecule has 184 valence electrons. The lowest BCUT2D eigenvalue weighted by atomic mass is 9.76. The van der Waals surface area contributed by atoms with Crippen molar-refractivity contribution in [3.8, 4) is 11.5 Å². The van der Waals surface area contributed by atoms with Crippen LogP contribution in [0.3, 0.4) is 0 Å². The molecular formula is C29H44ClO2P. The van der Waals surface area contributed by atoms with Gasteiger partial charge in [0.2, 0.25) is 0 Å². The third kappa shape index (κ3) is 6.67. The van der Waals surface area contributed by atoms with Crippen molar-refractivity contribution in [1.29, 1.82) is 0 Å². The van der Waals surface area contributed by atoms with Crippen LogP contribution in [0.25, 0.3) is 0 Å². The van der Waals surface area contributed by atoms with Crippen LogP contribution in [0.2, 0.25) is 0 Å². The van der Waals surface area contributed by atoms with Gasteiger partial charge in [-0.25, -0.2) is 0 Å². The summed E-state index contributed by atoms with van der Waals surface area (Å²) in [7, 11) is -0.165. The number of rotatable bonds is 4. The summed E-state index contributed by atoms with van der Waals surface area (Å²) in [6.07, 6.45) is 0.586. The van der Waals surface area contributed by atoms with Crippen LogP contribution >= 0.6 is 19.4 Å². The van der Waals surface area contributed by atoms with Gasteiger partial charge in [-0.05, 0) is 49.5 Å². The molecule has 1 atom stereocenters. The van der Waals surface area contributed by atoms with Crippen LogP contribution in [0, 0.1) is 0 Å². The van der Waals surface area contributed by atoms with Crippen molar-refractivity contribution in [2.45, 2.75) is 111 Å². The Morgan fingerprint density at radius 3 is 1.48 bits per heavy atom. The fraction of sp³-hybridized carbons (Fsp3) is 0.586. The lowest BCUT2D eigenvalue weighted by Gasteiger charge is -2.30. The second-order valence-corrected chi connectivity index (χ2v) is 14.2. The molecule has 0 aromatic heterocycles. The molecule has 0 saturated carbocycles. The summed E-state index contributed by atoms with van der Waals surface area (Å²) in [5, 5.41) is 11.4. The summed E-state index contributed by atoms with van der Waals surface area (Å²) >= 11 is 6.12. The lowest BCUT2D eigenvalue weighted by Crippen LogP contribution is -2.19. The zero-order chi connectivity index (χ0) is 25.6. The maximum Gasteiger partial charge on any atom is 0.168 e. The van der Waals surface area contributed by atoms with Gasteiger partial charge in [-0.2, -0.15) is 0 Å². The molecule has 2 aromatic carbocycles. The van der Waals surface area contributed by atoms with E-state index < -0.39 is 0 Å². The van der Waals surface area contributed by atoms with Crippen molar-refractivity contribution < 1.29 is 9.63 Å². The molecule has 0 spiro atoms. The number of phenolic OH excluding ortho intramolecular Hbond substituents is 1. The molecule has 0 bridgehead atoms. The van der Waals surface area contributed by atoms with E-state index in [1.165, 1.54) is 11.1 Å². The quantitative estimate of drug-likeness (QED) is 0.432. The van der Waals surface area contributed by atoms with Crippen LogP contribution in [0.5, 0.6) is 11.5 Å². The van der Waals surface area contributed by atoms with E-state index in [9.17, 15) is 5.11 Å². The van der Waals surface area contributed by atoms with Crippen molar-refractivity contribution in [3.05, 3.63) is 57.6 Å². The standard InChI is InChI=1S/C29H44ClO2P/c1-26(2,3)20-14-18(24(31)22(16-20)28(7,8)9)13-19-15-21(27(4,5)6)17-23(29(10,11)12)25(19)32-33-30/h14-17,31,33H,13H2,1-12H3. The van der Waals surface area contributed by atoms with Crippen molar-refractivity contribution in [2.75, 3.05) is 0 Å². The third-order valence-corrected chi connectivity index (χ3v) is 6.74. The van der Waals surface area contributed by atoms with Gasteiger partial charge in [0, 0.05) is 12.0 Å². The van der Waals surface area contributed by atoms with Gasteiger partial charge in [-0.3, -0.25) is 0 Å². The summed E-state index contributed by atoms with van der Waals surface area (Å²) in [4.78, 5) is 0. The number of phenols is 1. The molecule has 0 saturated heterocycles. The van der Waals surface area contributed by atoms with Crippen LogP contribution in [0.1, 0.15) is 116 Å². The lowest BCUT2D eigenvalue weighted by molar-refractivity contribution is 0.439. The van der Waals surface area contributed by atoms with Crippen LogP contribution in [0.4, 0.5) is 0 Å². The summed E-state index contributed by atoms with van der Waals surface area (Å²) in [5.41, 5.74) is 6.32. The highest BCUT2D eigenvalue weighted by atomic mass is 35.7. The first-order valence-electron chi connectivity index (χ1n) is 11.8. The number of hydrogen-bond acceptors (Lipinski definition) is 2. The molecule has 33 heavy (non-hydrogen) atoms. The minimum Gasteiger partial charge on any atom is -0.507 e. The molecule has 1 unspecified atom stereocenters. The molecular weight excluding hydrogens is 447 g/mol. The fourth-order valence-corrected chi connectivity index (χ4v) is 4.56. The van der Waals surface area contributed by atoms with E-state index >= 15 is 0 Å². The average Bonchev–Trinajstić information content (AvgIpc) is 2.60. The van der Waals surface area contributed by atoms with Gasteiger partial charge in [0.05, 0.1) is 0 Å².